The molecule has 3 rings (SSSR count). The Balaban J connectivity index is 2.05. The third-order valence-corrected chi connectivity index (χ3v) is 5.50. The average Bonchev–Trinajstić information content (AvgIpc) is 2.82. The lowest BCUT2D eigenvalue weighted by atomic mass is 9.86. The summed E-state index contributed by atoms with van der Waals surface area (Å²) in [6.07, 6.45) is 4.06. The molecule has 0 unspecified atom stereocenters. The first-order chi connectivity index (χ1) is 15.5. The summed E-state index contributed by atoms with van der Waals surface area (Å²) in [7, 11) is 5.36. The molecule has 0 radical (unpaired) electrons. The summed E-state index contributed by atoms with van der Waals surface area (Å²) in [4.78, 5) is 11.8. The van der Waals surface area contributed by atoms with E-state index in [0.717, 1.165) is 39.9 Å². The van der Waals surface area contributed by atoms with Crippen molar-refractivity contribution in [2.75, 3.05) is 20.8 Å². The molecule has 3 aromatic carbocycles. The first-order valence-electron chi connectivity index (χ1n) is 10.5. The van der Waals surface area contributed by atoms with Gasteiger partial charge < -0.3 is 14.2 Å². The van der Waals surface area contributed by atoms with Crippen LogP contribution in [0.3, 0.4) is 0 Å². The van der Waals surface area contributed by atoms with Crippen LogP contribution in [0, 0.1) is 0 Å². The highest BCUT2D eigenvalue weighted by molar-refractivity contribution is 6.32. The Hall–Kier alpha value is -3.18. The van der Waals surface area contributed by atoms with E-state index in [0.29, 0.717) is 17.4 Å². The van der Waals surface area contributed by atoms with Crippen LogP contribution < -0.4 is 9.47 Å². The second-order valence-electron chi connectivity index (χ2n) is 7.11. The number of esters is 1. The zero-order valence-corrected chi connectivity index (χ0v) is 19.5. The van der Waals surface area contributed by atoms with E-state index >= 15 is 0 Å². The summed E-state index contributed by atoms with van der Waals surface area (Å²) in [5, 5.41) is 0.581. The highest BCUT2D eigenvalue weighted by Gasteiger charge is 2.11. The number of halogens is 1. The fourth-order valence-corrected chi connectivity index (χ4v) is 3.84. The van der Waals surface area contributed by atoms with Gasteiger partial charge in [-0.15, -0.1) is 0 Å². The van der Waals surface area contributed by atoms with Crippen LogP contribution in [0.1, 0.15) is 18.1 Å². The van der Waals surface area contributed by atoms with Gasteiger partial charge in [0.15, 0.2) is 0 Å². The lowest BCUT2D eigenvalue weighted by Crippen LogP contribution is -1.99. The van der Waals surface area contributed by atoms with Gasteiger partial charge in [-0.3, -0.25) is 0 Å². The molecule has 0 aromatic heterocycles. The molecule has 0 fully saturated rings. The molecule has 0 bridgehead atoms. The van der Waals surface area contributed by atoms with E-state index in [2.05, 4.69) is 26.0 Å². The van der Waals surface area contributed by atoms with Crippen molar-refractivity contribution in [3.63, 3.8) is 0 Å². The highest BCUT2D eigenvalue weighted by Crippen LogP contribution is 2.35. The average molecular weight is 449 g/mol. The topological polar surface area (TPSA) is 44.8 Å². The summed E-state index contributed by atoms with van der Waals surface area (Å²) < 4.78 is 15.7. The van der Waals surface area contributed by atoms with Gasteiger partial charge in [0.2, 0.25) is 0 Å². The minimum atomic E-state index is -0.373. The van der Waals surface area contributed by atoms with Crippen molar-refractivity contribution in [3.05, 3.63) is 76.8 Å². The maximum atomic E-state index is 11.8. The number of hydrogen-bond acceptors (Lipinski definition) is 4. The van der Waals surface area contributed by atoms with Crippen LogP contribution >= 0.6 is 11.6 Å². The molecular formula is C26H26BClO4. The quantitative estimate of drug-likeness (QED) is 0.263. The predicted octanol–water partition coefficient (Wildman–Crippen LogP) is 5.40. The van der Waals surface area contributed by atoms with Gasteiger partial charge in [-0.25, -0.2) is 4.79 Å². The molecule has 0 aliphatic rings. The largest absolute Gasteiger partial charge is 0.497 e. The van der Waals surface area contributed by atoms with Crippen molar-refractivity contribution in [1.29, 1.82) is 0 Å². The molecule has 0 N–H and O–H groups in total. The Morgan fingerprint density at radius 3 is 2.34 bits per heavy atom. The highest BCUT2D eigenvalue weighted by atomic mass is 35.5. The monoisotopic (exact) mass is 448 g/mol. The summed E-state index contributed by atoms with van der Waals surface area (Å²) in [6.45, 7) is 2.12. The van der Waals surface area contributed by atoms with Crippen LogP contribution in [0.25, 0.3) is 28.3 Å². The number of benzene rings is 3. The zero-order valence-electron chi connectivity index (χ0n) is 18.8. The second kappa shape index (κ2) is 10.9. The Kier molecular flexibility index (Phi) is 8.01. The lowest BCUT2D eigenvalue weighted by Gasteiger charge is -2.14. The molecule has 0 aliphatic carbocycles. The lowest BCUT2D eigenvalue weighted by molar-refractivity contribution is -0.137. The van der Waals surface area contributed by atoms with Gasteiger partial charge in [0.1, 0.15) is 19.3 Å². The molecule has 0 amide bonds. The van der Waals surface area contributed by atoms with Crippen molar-refractivity contribution in [2.24, 2.45) is 0 Å². The molecule has 6 heteroatoms. The van der Waals surface area contributed by atoms with Crippen LogP contribution in [-0.4, -0.2) is 34.6 Å². The van der Waals surface area contributed by atoms with Gasteiger partial charge >= 0.3 is 5.97 Å². The van der Waals surface area contributed by atoms with E-state index in [-0.39, 0.29) is 5.97 Å². The van der Waals surface area contributed by atoms with Crippen LogP contribution in [0.2, 0.25) is 5.02 Å². The summed E-state index contributed by atoms with van der Waals surface area (Å²) >= 11 is 6.35. The van der Waals surface area contributed by atoms with E-state index < -0.39 is 0 Å². The van der Waals surface area contributed by atoms with E-state index in [4.69, 9.17) is 25.8 Å². The molecule has 0 saturated carbocycles. The number of carbonyl (C=O) groups excluding carboxylic acids is 1. The summed E-state index contributed by atoms with van der Waals surface area (Å²) in [6, 6.07) is 18.0. The summed E-state index contributed by atoms with van der Waals surface area (Å²) in [5.41, 5.74) is 6.28. The fourth-order valence-electron chi connectivity index (χ4n) is 3.59. The number of carbonyl (C=O) groups is 1. The normalized spacial score (nSPS) is 10.9. The maximum Gasteiger partial charge on any atom is 0.330 e. The first kappa shape index (κ1) is 23.5. The first-order valence-corrected chi connectivity index (χ1v) is 10.9. The van der Waals surface area contributed by atoms with Gasteiger partial charge in [-0.05, 0) is 70.6 Å². The van der Waals surface area contributed by atoms with Gasteiger partial charge in [-0.1, -0.05) is 48.3 Å². The van der Waals surface area contributed by atoms with Crippen LogP contribution in [0.4, 0.5) is 0 Å². The molecule has 4 nitrogen and oxygen atoms in total. The van der Waals surface area contributed by atoms with Gasteiger partial charge in [0.05, 0.1) is 25.8 Å². The second-order valence-corrected chi connectivity index (χ2v) is 7.52. The molecule has 164 valence electrons. The zero-order chi connectivity index (χ0) is 23.1. The Morgan fingerprint density at radius 2 is 1.69 bits per heavy atom. The Bertz CT molecular complexity index is 1140. The number of methoxy groups -OCH3 is 2. The third-order valence-electron chi connectivity index (χ3n) is 5.20. The summed E-state index contributed by atoms with van der Waals surface area (Å²) in [5.74, 6) is 1.00. The van der Waals surface area contributed by atoms with E-state index in [1.165, 1.54) is 11.6 Å². The van der Waals surface area contributed by atoms with E-state index in [1.807, 2.05) is 36.4 Å². The van der Waals surface area contributed by atoms with Gasteiger partial charge in [0.25, 0.3) is 0 Å². The van der Waals surface area contributed by atoms with Crippen molar-refractivity contribution >= 4 is 31.5 Å². The maximum absolute atomic E-state index is 11.8. The molecule has 32 heavy (non-hydrogen) atoms. The van der Waals surface area contributed by atoms with Crippen molar-refractivity contribution in [3.8, 4) is 33.8 Å². The minimum Gasteiger partial charge on any atom is -0.497 e. The number of ether oxygens (including phenoxy) is 3. The molecule has 0 atom stereocenters. The SMILES string of the molecule is BCc1cc(-c2ccc(OC)cc2/C=C/C(=O)OCC)ccc1-c1ccc(OC)c(Cl)c1. The molecule has 0 heterocycles. The van der Waals surface area contributed by atoms with Crippen LogP contribution in [0.5, 0.6) is 11.5 Å². The molecule has 3 aromatic rings. The minimum absolute atomic E-state index is 0.338. The fraction of sp³-hybridized carbons (Fsp3) is 0.192. The Labute approximate surface area is 195 Å². The number of hydrogen-bond donors (Lipinski definition) is 0. The smallest absolute Gasteiger partial charge is 0.330 e. The van der Waals surface area contributed by atoms with Crippen molar-refractivity contribution < 1.29 is 19.0 Å². The molecule has 0 spiro atoms. The molecular weight excluding hydrogens is 423 g/mol. The van der Waals surface area contributed by atoms with E-state index in [1.54, 1.807) is 27.2 Å². The van der Waals surface area contributed by atoms with Crippen molar-refractivity contribution in [2.45, 2.75) is 13.2 Å². The standard InChI is InChI=1S/C26H26BClO4/c1-4-32-26(29)12-7-18-14-21(30-2)8-10-22(18)17-5-9-23(20(13-17)16-27)19-6-11-25(31-3)24(28)15-19/h5-15H,4,16,27H2,1-3H3/b12-7+. The predicted molar refractivity (Wildman–Crippen MR) is 133 cm³/mol. The molecule has 0 aliphatic heterocycles. The van der Waals surface area contributed by atoms with Crippen LogP contribution in [-0.2, 0) is 15.9 Å². The molecule has 0 saturated heterocycles. The van der Waals surface area contributed by atoms with Crippen LogP contribution in [0.15, 0.2) is 60.7 Å². The van der Waals surface area contributed by atoms with Crippen molar-refractivity contribution in [1.82, 2.24) is 0 Å². The third kappa shape index (κ3) is 5.35. The van der Waals surface area contributed by atoms with Gasteiger partial charge in [-0.2, -0.15) is 0 Å². The van der Waals surface area contributed by atoms with Gasteiger partial charge in [0, 0.05) is 6.08 Å². The number of rotatable bonds is 8. The Morgan fingerprint density at radius 1 is 0.969 bits per heavy atom. The van der Waals surface area contributed by atoms with E-state index in [9.17, 15) is 4.79 Å².